The average Bonchev–Trinajstić information content (AvgIpc) is 4.22. The number of aliphatic hydroxyl groups is 1. The molecule has 3 aromatic heterocycles. The standard InChI is InChI=1S/C57H71F2N11O6S/c1-33(36-13-15-38(16-14-36)50-34(2)60-32-77-50)62-52(74)44-24-41(71)31-69(44)54(76)51(55(3,4)5)64-46(72)20-23-67-21-18-35(19-22-67)12-17-47(73)68-28-39(29-68)49(37-10-8-7-9-11-37)70-30-40(27-61-70)63-53(75)48-42-25-45-56(6,57(45,58)59)26-43(42)65-66-48/h7-11,13-16,27,30,32-33,35,39,41,44-45,49,51,71H,12,17-26,28-29,31H2,1-6H3,(H,62,74)(H,63,75)(H,64,72)(H,65,66)/t33?,41-,44+,45+,49?,51?,56-/m1/s1. The number of β-amino-alcohol motifs (C(OH)–C–C–N with tert-alkyl or cyclic N) is 1. The van der Waals surface area contributed by atoms with Gasteiger partial charge in [0.1, 0.15) is 12.1 Å². The van der Waals surface area contributed by atoms with E-state index in [2.05, 4.69) is 41.1 Å². The fraction of sp³-hybridized carbons (Fsp3) is 0.544. The number of nitrogens with zero attached hydrogens (tertiary/aromatic N) is 7. The number of aliphatic hydroxyl groups excluding tert-OH is 1. The second-order valence-corrected chi connectivity index (χ2v) is 24.4. The van der Waals surface area contributed by atoms with Crippen molar-refractivity contribution in [2.45, 2.75) is 129 Å². The predicted molar refractivity (Wildman–Crippen MR) is 287 cm³/mol. The highest BCUT2D eigenvalue weighted by molar-refractivity contribution is 7.13. The number of H-pyrrole nitrogens is 1. The molecule has 10 rings (SSSR count). The van der Waals surface area contributed by atoms with Crippen molar-refractivity contribution in [3.63, 3.8) is 0 Å². The normalized spacial score (nSPS) is 23.5. The van der Waals surface area contributed by atoms with Crippen LogP contribution in [0.1, 0.15) is 124 Å². The number of alkyl halides is 2. The van der Waals surface area contributed by atoms with Gasteiger partial charge in [-0.2, -0.15) is 10.2 Å². The lowest BCUT2D eigenvalue weighted by Crippen LogP contribution is -2.58. The lowest BCUT2D eigenvalue weighted by molar-refractivity contribution is -0.144. The first-order valence-electron chi connectivity index (χ1n) is 27.1. The van der Waals surface area contributed by atoms with E-state index in [-0.39, 0.29) is 73.6 Å². The van der Waals surface area contributed by atoms with Crippen LogP contribution in [0.2, 0.25) is 0 Å². The van der Waals surface area contributed by atoms with Gasteiger partial charge < -0.3 is 35.8 Å². The number of thiazole rings is 1. The van der Waals surface area contributed by atoms with E-state index in [4.69, 9.17) is 0 Å². The van der Waals surface area contributed by atoms with Crippen LogP contribution in [0.5, 0.6) is 0 Å². The number of fused-ring (bicyclic) bond motifs is 2. The molecule has 0 radical (unpaired) electrons. The maximum absolute atomic E-state index is 14.5. The summed E-state index contributed by atoms with van der Waals surface area (Å²) >= 11 is 1.57. The molecule has 20 heteroatoms. The van der Waals surface area contributed by atoms with Crippen LogP contribution >= 0.6 is 11.3 Å². The van der Waals surface area contributed by atoms with E-state index < -0.39 is 52.7 Å². The number of carbonyl (C=O) groups excluding carboxylic acids is 5. The molecule has 3 unspecified atom stereocenters. The zero-order chi connectivity index (χ0) is 54.6. The minimum Gasteiger partial charge on any atom is -0.391 e. The maximum atomic E-state index is 14.5. The molecule has 4 fully saturated rings. The summed E-state index contributed by atoms with van der Waals surface area (Å²) in [6, 6.07) is 15.5. The number of likely N-dealkylation sites (tertiary alicyclic amines) is 3. The first kappa shape index (κ1) is 54.0. The summed E-state index contributed by atoms with van der Waals surface area (Å²) < 4.78 is 30.9. The van der Waals surface area contributed by atoms with Gasteiger partial charge in [-0.05, 0) is 80.6 Å². The third kappa shape index (κ3) is 11.1. The van der Waals surface area contributed by atoms with Crippen LogP contribution < -0.4 is 16.0 Å². The third-order valence-electron chi connectivity index (χ3n) is 17.2. The van der Waals surface area contributed by atoms with Crippen molar-refractivity contribution in [1.29, 1.82) is 0 Å². The van der Waals surface area contributed by atoms with Crippen molar-refractivity contribution >= 4 is 46.6 Å². The highest BCUT2D eigenvalue weighted by atomic mass is 32.1. The topological polar surface area (TPSA) is 211 Å². The summed E-state index contributed by atoms with van der Waals surface area (Å²) in [4.78, 5) is 79.6. The van der Waals surface area contributed by atoms with Crippen LogP contribution in [0.4, 0.5) is 14.5 Å². The minimum atomic E-state index is -2.76. The van der Waals surface area contributed by atoms with Crippen LogP contribution in [0, 0.1) is 35.5 Å². The van der Waals surface area contributed by atoms with Gasteiger partial charge in [0.2, 0.25) is 23.6 Å². The van der Waals surface area contributed by atoms with Gasteiger partial charge >= 0.3 is 0 Å². The molecule has 410 valence electrons. The largest absolute Gasteiger partial charge is 0.391 e. The minimum absolute atomic E-state index is 0.00446. The van der Waals surface area contributed by atoms with E-state index in [1.807, 2.05) is 104 Å². The predicted octanol–water partition coefficient (Wildman–Crippen LogP) is 6.96. The quantitative estimate of drug-likeness (QED) is 0.0646. The molecule has 3 saturated heterocycles. The van der Waals surface area contributed by atoms with Gasteiger partial charge in [0.25, 0.3) is 11.8 Å². The van der Waals surface area contributed by atoms with Crippen molar-refractivity contribution in [2.75, 3.05) is 44.6 Å². The molecule has 5 aliphatic rings. The van der Waals surface area contributed by atoms with Crippen LogP contribution in [-0.2, 0) is 32.0 Å². The van der Waals surface area contributed by atoms with Crippen LogP contribution in [0.25, 0.3) is 10.4 Å². The summed E-state index contributed by atoms with van der Waals surface area (Å²) in [5, 5.41) is 31.4. The number of hydrogen-bond donors (Lipinski definition) is 5. The maximum Gasteiger partial charge on any atom is 0.276 e. The third-order valence-corrected chi connectivity index (χ3v) is 18.2. The summed E-state index contributed by atoms with van der Waals surface area (Å²) in [6.45, 7) is 14.3. The molecule has 17 nitrogen and oxygen atoms in total. The SMILES string of the molecule is Cc1ncsc1-c1ccc(C(C)NC(=O)[C@@H]2C[C@@H](O)CN2C(=O)C(NC(=O)CCN2CCC(CCC(=O)N3CC(C(c4ccccc4)n4cc(NC(=O)c5n[nH]c6c5C[C@@H]5C(F)(F)[C@]5(C)C6)cn4)C3)CC2)C(C)(C)C)cc1. The Kier molecular flexibility index (Phi) is 15.0. The number of halogens is 2. The van der Waals surface area contributed by atoms with Crippen molar-refractivity contribution in [3.8, 4) is 10.4 Å². The van der Waals surface area contributed by atoms with Gasteiger partial charge in [-0.3, -0.25) is 33.8 Å². The molecule has 6 heterocycles. The van der Waals surface area contributed by atoms with Gasteiger partial charge in [-0.1, -0.05) is 82.3 Å². The second kappa shape index (κ2) is 21.5. The first-order valence-corrected chi connectivity index (χ1v) is 28.0. The zero-order valence-electron chi connectivity index (χ0n) is 44.7. The Morgan fingerprint density at radius 2 is 1.69 bits per heavy atom. The molecular weight excluding hydrogens is 1000 g/mol. The lowest BCUT2D eigenvalue weighted by Gasteiger charge is -2.44. The first-order chi connectivity index (χ1) is 36.7. The van der Waals surface area contributed by atoms with Crippen molar-refractivity contribution in [2.24, 2.45) is 28.6 Å². The Morgan fingerprint density at radius 1 is 0.961 bits per heavy atom. The zero-order valence-corrected chi connectivity index (χ0v) is 45.5. The smallest absolute Gasteiger partial charge is 0.276 e. The Hall–Kier alpha value is -6.38. The number of nitrogens with one attached hydrogen (secondary N) is 4. The number of piperidine rings is 1. The molecule has 2 aliphatic carbocycles. The van der Waals surface area contributed by atoms with E-state index in [0.29, 0.717) is 48.9 Å². The number of benzene rings is 2. The summed E-state index contributed by atoms with van der Waals surface area (Å²) in [5.74, 6) is -4.48. The number of aromatic nitrogens is 5. The van der Waals surface area contributed by atoms with Crippen LogP contribution in [-0.4, -0.2) is 138 Å². The molecule has 0 spiro atoms. The highest BCUT2D eigenvalue weighted by Gasteiger charge is 2.78. The number of rotatable bonds is 17. The number of hydrogen-bond acceptors (Lipinski definition) is 11. The summed E-state index contributed by atoms with van der Waals surface area (Å²) in [7, 11) is 0. The number of amides is 5. The van der Waals surface area contributed by atoms with Gasteiger partial charge in [-0.15, -0.1) is 11.3 Å². The van der Waals surface area contributed by atoms with E-state index in [0.717, 1.165) is 59.6 Å². The molecular formula is C57H71F2N11O6S. The lowest BCUT2D eigenvalue weighted by atomic mass is 9.85. The highest BCUT2D eigenvalue weighted by Crippen LogP contribution is 2.70. The number of aromatic amines is 1. The van der Waals surface area contributed by atoms with Crippen molar-refractivity contribution < 1.29 is 37.9 Å². The number of anilines is 1. The molecule has 5 N–H and O–H groups in total. The Balaban J connectivity index is 0.659. The van der Waals surface area contributed by atoms with Gasteiger partial charge in [0, 0.05) is 86.6 Å². The second-order valence-electron chi connectivity index (χ2n) is 23.5. The Morgan fingerprint density at radius 3 is 2.38 bits per heavy atom. The molecule has 3 aliphatic heterocycles. The average molecular weight is 1080 g/mol. The van der Waals surface area contributed by atoms with Crippen LogP contribution in [0.15, 0.2) is 72.5 Å². The summed E-state index contributed by atoms with van der Waals surface area (Å²) in [6.07, 6.45) is 6.05. The van der Waals surface area contributed by atoms with Gasteiger partial charge in [0.15, 0.2) is 5.69 Å². The molecule has 5 aromatic rings. The number of carbonyl (C=O) groups is 5. The van der Waals surface area contributed by atoms with Crippen LogP contribution in [0.3, 0.4) is 0 Å². The molecule has 0 bridgehead atoms. The van der Waals surface area contributed by atoms with Crippen molar-refractivity contribution in [3.05, 3.63) is 106 Å². The number of aryl methyl sites for hydroxylation is 1. The Bertz CT molecular complexity index is 2980. The van der Waals surface area contributed by atoms with E-state index in [9.17, 15) is 37.9 Å². The molecule has 2 aromatic carbocycles. The fourth-order valence-corrected chi connectivity index (χ4v) is 13.1. The molecule has 5 amide bonds. The molecule has 7 atom stereocenters. The van der Waals surface area contributed by atoms with E-state index >= 15 is 0 Å². The van der Waals surface area contributed by atoms with Crippen molar-refractivity contribution in [1.82, 2.24) is 50.3 Å². The monoisotopic (exact) mass is 1080 g/mol. The van der Waals surface area contributed by atoms with E-state index in [1.165, 1.54) is 4.90 Å². The Labute approximate surface area is 451 Å². The van der Waals surface area contributed by atoms with Gasteiger partial charge in [-0.25, -0.2) is 13.8 Å². The van der Waals surface area contributed by atoms with Gasteiger partial charge in [0.05, 0.1) is 46.2 Å². The molecule has 1 saturated carbocycles. The fourth-order valence-electron chi connectivity index (χ4n) is 12.2. The molecule has 77 heavy (non-hydrogen) atoms. The van der Waals surface area contributed by atoms with E-state index in [1.54, 1.807) is 30.7 Å². The summed E-state index contributed by atoms with van der Waals surface area (Å²) in [5.41, 5.74) is 5.70.